The molecule has 3 heteroatoms. The zero-order valence-electron chi connectivity index (χ0n) is 11.1. The van der Waals surface area contributed by atoms with Gasteiger partial charge < -0.3 is 10.2 Å². The highest BCUT2D eigenvalue weighted by Gasteiger charge is 2.27. The van der Waals surface area contributed by atoms with Crippen molar-refractivity contribution in [3.63, 3.8) is 0 Å². The van der Waals surface area contributed by atoms with Crippen molar-refractivity contribution in [2.24, 2.45) is 0 Å². The molecule has 0 radical (unpaired) electrons. The largest absolute Gasteiger partial charge is 0.314 e. The lowest BCUT2D eigenvalue weighted by Crippen LogP contribution is -2.37. The minimum absolute atomic E-state index is 0.746. The molecular weight excluding hydrogens is 198 g/mol. The average molecular weight is 225 g/mol. The second kappa shape index (κ2) is 5.48. The topological polar surface area (TPSA) is 18.5 Å². The lowest BCUT2D eigenvalue weighted by Gasteiger charge is -2.26. The number of hydrogen-bond acceptors (Lipinski definition) is 3. The van der Waals surface area contributed by atoms with Gasteiger partial charge in [-0.1, -0.05) is 0 Å². The van der Waals surface area contributed by atoms with Crippen LogP contribution in [0.5, 0.6) is 0 Å². The Morgan fingerprint density at radius 2 is 2.06 bits per heavy atom. The van der Waals surface area contributed by atoms with Crippen LogP contribution in [-0.4, -0.2) is 61.7 Å². The molecule has 0 amide bonds. The van der Waals surface area contributed by atoms with E-state index in [0.717, 1.165) is 18.1 Å². The molecule has 0 bridgehead atoms. The van der Waals surface area contributed by atoms with Crippen LogP contribution < -0.4 is 5.32 Å². The molecule has 1 aliphatic heterocycles. The predicted octanol–water partition coefficient (Wildman–Crippen LogP) is 1.15. The van der Waals surface area contributed by atoms with Gasteiger partial charge in [-0.2, -0.15) is 0 Å². The third-order valence-corrected chi connectivity index (χ3v) is 4.12. The van der Waals surface area contributed by atoms with Crippen LogP contribution in [0.3, 0.4) is 0 Å². The number of likely N-dealkylation sites (tertiary alicyclic amines) is 1. The summed E-state index contributed by atoms with van der Waals surface area (Å²) in [7, 11) is 4.40. The van der Waals surface area contributed by atoms with E-state index in [1.54, 1.807) is 0 Å². The quantitative estimate of drug-likeness (QED) is 0.732. The molecule has 1 heterocycles. The van der Waals surface area contributed by atoms with Crippen molar-refractivity contribution in [1.29, 1.82) is 0 Å². The fourth-order valence-corrected chi connectivity index (χ4v) is 2.56. The lowest BCUT2D eigenvalue weighted by atomic mass is 10.2. The summed E-state index contributed by atoms with van der Waals surface area (Å²) in [6, 6.07) is 2.38. The van der Waals surface area contributed by atoms with E-state index in [-0.39, 0.29) is 0 Å². The van der Waals surface area contributed by atoms with Crippen molar-refractivity contribution in [3.05, 3.63) is 0 Å². The van der Waals surface area contributed by atoms with Crippen molar-refractivity contribution in [1.82, 2.24) is 15.1 Å². The van der Waals surface area contributed by atoms with Gasteiger partial charge in [-0.25, -0.2) is 0 Å². The van der Waals surface area contributed by atoms with Crippen molar-refractivity contribution >= 4 is 0 Å². The molecule has 0 aromatic rings. The molecule has 2 aliphatic rings. The maximum absolute atomic E-state index is 3.61. The lowest BCUT2D eigenvalue weighted by molar-refractivity contribution is 0.217. The summed E-state index contributed by atoms with van der Waals surface area (Å²) in [6.07, 6.45) is 5.45. The van der Waals surface area contributed by atoms with Crippen LogP contribution in [0, 0.1) is 0 Å². The SMILES string of the molecule is CC(CCNC1CC1)N1CCC(N(C)C)C1. The first kappa shape index (κ1) is 12.3. The third-order valence-electron chi connectivity index (χ3n) is 4.12. The fourth-order valence-electron chi connectivity index (χ4n) is 2.56. The molecule has 0 spiro atoms. The van der Waals surface area contributed by atoms with E-state index in [1.165, 1.54) is 45.3 Å². The summed E-state index contributed by atoms with van der Waals surface area (Å²) in [5.74, 6) is 0. The summed E-state index contributed by atoms with van der Waals surface area (Å²) in [6.45, 7) is 6.13. The summed E-state index contributed by atoms with van der Waals surface area (Å²) in [5, 5.41) is 3.61. The van der Waals surface area contributed by atoms with Crippen LogP contribution in [0.2, 0.25) is 0 Å². The average Bonchev–Trinajstić information content (AvgIpc) is 2.93. The van der Waals surface area contributed by atoms with E-state index >= 15 is 0 Å². The van der Waals surface area contributed by atoms with Crippen LogP contribution in [0.4, 0.5) is 0 Å². The molecular formula is C13H27N3. The van der Waals surface area contributed by atoms with Gasteiger partial charge in [0.15, 0.2) is 0 Å². The minimum atomic E-state index is 0.746. The minimum Gasteiger partial charge on any atom is -0.314 e. The van der Waals surface area contributed by atoms with E-state index in [2.05, 4.69) is 36.1 Å². The Bertz CT molecular complexity index is 213. The van der Waals surface area contributed by atoms with Crippen molar-refractivity contribution in [2.75, 3.05) is 33.7 Å². The van der Waals surface area contributed by atoms with Crippen LogP contribution in [0.15, 0.2) is 0 Å². The molecule has 1 saturated carbocycles. The first-order valence-corrected chi connectivity index (χ1v) is 6.80. The Kier molecular flexibility index (Phi) is 4.22. The second-order valence-corrected chi connectivity index (χ2v) is 5.77. The van der Waals surface area contributed by atoms with Crippen LogP contribution in [-0.2, 0) is 0 Å². The van der Waals surface area contributed by atoms with Crippen LogP contribution in [0.1, 0.15) is 32.6 Å². The van der Waals surface area contributed by atoms with Gasteiger partial charge >= 0.3 is 0 Å². The standard InChI is InChI=1S/C13H27N3/c1-11(6-8-14-12-4-5-12)16-9-7-13(10-16)15(2)3/h11-14H,4-10H2,1-3H3. The third kappa shape index (κ3) is 3.44. The van der Waals surface area contributed by atoms with E-state index in [9.17, 15) is 0 Å². The first-order valence-electron chi connectivity index (χ1n) is 6.80. The Balaban J connectivity index is 1.62. The van der Waals surface area contributed by atoms with Gasteiger partial charge in [0.2, 0.25) is 0 Å². The molecule has 2 atom stereocenters. The Hall–Kier alpha value is -0.120. The molecule has 2 rings (SSSR count). The van der Waals surface area contributed by atoms with Gasteiger partial charge in [0, 0.05) is 31.2 Å². The zero-order chi connectivity index (χ0) is 11.5. The van der Waals surface area contributed by atoms with Crippen molar-refractivity contribution < 1.29 is 0 Å². The summed E-state index contributed by atoms with van der Waals surface area (Å²) in [4.78, 5) is 5.02. The number of rotatable bonds is 6. The summed E-state index contributed by atoms with van der Waals surface area (Å²) >= 11 is 0. The monoisotopic (exact) mass is 225 g/mol. The zero-order valence-corrected chi connectivity index (χ0v) is 11.1. The van der Waals surface area contributed by atoms with E-state index in [1.807, 2.05) is 0 Å². The maximum atomic E-state index is 3.61. The van der Waals surface area contributed by atoms with Crippen LogP contribution in [0.25, 0.3) is 0 Å². The van der Waals surface area contributed by atoms with Gasteiger partial charge in [0.05, 0.1) is 0 Å². The van der Waals surface area contributed by atoms with E-state index in [4.69, 9.17) is 0 Å². The number of nitrogens with one attached hydrogen (secondary N) is 1. The maximum Gasteiger partial charge on any atom is 0.0229 e. The number of likely N-dealkylation sites (N-methyl/N-ethyl adjacent to an activating group) is 1. The Morgan fingerprint density at radius 3 is 2.62 bits per heavy atom. The molecule has 1 N–H and O–H groups in total. The smallest absolute Gasteiger partial charge is 0.0229 e. The molecule has 3 nitrogen and oxygen atoms in total. The van der Waals surface area contributed by atoms with Gasteiger partial charge in [-0.15, -0.1) is 0 Å². The molecule has 2 fully saturated rings. The van der Waals surface area contributed by atoms with Gasteiger partial charge in [0.25, 0.3) is 0 Å². The fraction of sp³-hybridized carbons (Fsp3) is 1.00. The molecule has 0 aromatic carbocycles. The van der Waals surface area contributed by atoms with Crippen molar-refractivity contribution in [2.45, 2.75) is 50.7 Å². The molecule has 0 aromatic heterocycles. The number of hydrogen-bond donors (Lipinski definition) is 1. The van der Waals surface area contributed by atoms with Gasteiger partial charge in [0.1, 0.15) is 0 Å². The molecule has 2 unspecified atom stereocenters. The Labute approximate surface area is 100 Å². The molecule has 94 valence electrons. The highest BCUT2D eigenvalue weighted by molar-refractivity contribution is 4.85. The van der Waals surface area contributed by atoms with Gasteiger partial charge in [-0.3, -0.25) is 4.90 Å². The van der Waals surface area contributed by atoms with E-state index < -0.39 is 0 Å². The highest BCUT2D eigenvalue weighted by atomic mass is 15.2. The normalized spacial score (nSPS) is 28.9. The second-order valence-electron chi connectivity index (χ2n) is 5.77. The first-order chi connectivity index (χ1) is 7.66. The molecule has 1 saturated heterocycles. The molecule has 1 aliphatic carbocycles. The Morgan fingerprint density at radius 1 is 1.31 bits per heavy atom. The van der Waals surface area contributed by atoms with Crippen molar-refractivity contribution in [3.8, 4) is 0 Å². The predicted molar refractivity (Wildman–Crippen MR) is 68.8 cm³/mol. The van der Waals surface area contributed by atoms with Crippen LogP contribution >= 0.6 is 0 Å². The summed E-state index contributed by atoms with van der Waals surface area (Å²) in [5.41, 5.74) is 0. The highest BCUT2D eigenvalue weighted by Crippen LogP contribution is 2.20. The van der Waals surface area contributed by atoms with Gasteiger partial charge in [-0.05, 0) is 53.2 Å². The number of nitrogens with zero attached hydrogens (tertiary/aromatic N) is 2. The molecule has 16 heavy (non-hydrogen) atoms. The summed E-state index contributed by atoms with van der Waals surface area (Å²) < 4.78 is 0. The van der Waals surface area contributed by atoms with E-state index in [0.29, 0.717) is 0 Å².